The summed E-state index contributed by atoms with van der Waals surface area (Å²) >= 11 is 5.33. The lowest BCUT2D eigenvalue weighted by Crippen LogP contribution is -2.19. The quantitative estimate of drug-likeness (QED) is 0.643. The van der Waals surface area contributed by atoms with Crippen molar-refractivity contribution in [3.05, 3.63) is 59.7 Å². The standard InChI is InChI=1S/C18H20N2O2S/c1-12(2)13-6-4-8-15(10-13)19-18(23)20-16-9-5-7-14(11-16)17(21)22-3/h4-12H,1-3H3,(H2,19,20,23). The van der Waals surface area contributed by atoms with Gasteiger partial charge in [0.2, 0.25) is 0 Å². The van der Waals surface area contributed by atoms with E-state index in [1.165, 1.54) is 12.7 Å². The van der Waals surface area contributed by atoms with Crippen LogP contribution in [0.2, 0.25) is 0 Å². The summed E-state index contributed by atoms with van der Waals surface area (Å²) in [5, 5.41) is 6.69. The summed E-state index contributed by atoms with van der Waals surface area (Å²) < 4.78 is 4.71. The maximum Gasteiger partial charge on any atom is 0.337 e. The third-order valence-corrected chi connectivity index (χ3v) is 3.56. The predicted molar refractivity (Wildman–Crippen MR) is 98.2 cm³/mol. The largest absolute Gasteiger partial charge is 0.465 e. The van der Waals surface area contributed by atoms with Gasteiger partial charge in [-0.25, -0.2) is 4.79 Å². The Morgan fingerprint density at radius 2 is 1.65 bits per heavy atom. The van der Waals surface area contributed by atoms with Crippen LogP contribution in [0.1, 0.15) is 35.7 Å². The molecule has 0 bridgehead atoms. The number of methoxy groups -OCH3 is 1. The number of esters is 1. The first-order chi connectivity index (χ1) is 11.0. The number of benzene rings is 2. The topological polar surface area (TPSA) is 50.4 Å². The zero-order valence-electron chi connectivity index (χ0n) is 13.4. The fourth-order valence-electron chi connectivity index (χ4n) is 2.11. The zero-order valence-corrected chi connectivity index (χ0v) is 14.2. The highest BCUT2D eigenvalue weighted by Gasteiger charge is 2.07. The van der Waals surface area contributed by atoms with Crippen LogP contribution in [0, 0.1) is 0 Å². The van der Waals surface area contributed by atoms with Crippen molar-refractivity contribution in [2.24, 2.45) is 0 Å². The number of thiocarbonyl (C=S) groups is 1. The van der Waals surface area contributed by atoms with E-state index in [1.54, 1.807) is 18.2 Å². The first kappa shape index (κ1) is 17.0. The second-order valence-corrected chi connectivity index (χ2v) is 5.84. The Kier molecular flexibility index (Phi) is 5.71. The van der Waals surface area contributed by atoms with Gasteiger partial charge in [-0.15, -0.1) is 0 Å². The van der Waals surface area contributed by atoms with Crippen molar-refractivity contribution >= 4 is 34.7 Å². The molecule has 0 amide bonds. The molecule has 0 saturated heterocycles. The van der Waals surface area contributed by atoms with Gasteiger partial charge in [-0.3, -0.25) is 0 Å². The number of carbonyl (C=O) groups is 1. The van der Waals surface area contributed by atoms with Gasteiger partial charge in [-0.05, 0) is 54.0 Å². The first-order valence-electron chi connectivity index (χ1n) is 7.36. The molecule has 0 aromatic heterocycles. The molecular formula is C18H20N2O2S. The van der Waals surface area contributed by atoms with Crippen LogP contribution in [0.15, 0.2) is 48.5 Å². The van der Waals surface area contributed by atoms with Gasteiger partial charge < -0.3 is 15.4 Å². The molecule has 2 rings (SSSR count). The monoisotopic (exact) mass is 328 g/mol. The van der Waals surface area contributed by atoms with Crippen LogP contribution in [-0.4, -0.2) is 18.2 Å². The molecule has 0 unspecified atom stereocenters. The normalized spacial score (nSPS) is 10.3. The molecule has 2 N–H and O–H groups in total. The van der Waals surface area contributed by atoms with E-state index in [0.29, 0.717) is 16.6 Å². The number of nitrogens with one attached hydrogen (secondary N) is 2. The molecule has 2 aromatic rings. The van der Waals surface area contributed by atoms with Crippen molar-refractivity contribution in [2.45, 2.75) is 19.8 Å². The molecule has 0 aliphatic carbocycles. The smallest absolute Gasteiger partial charge is 0.337 e. The Morgan fingerprint density at radius 3 is 2.26 bits per heavy atom. The fourth-order valence-corrected chi connectivity index (χ4v) is 2.35. The molecule has 23 heavy (non-hydrogen) atoms. The lowest BCUT2D eigenvalue weighted by Gasteiger charge is -2.13. The highest BCUT2D eigenvalue weighted by molar-refractivity contribution is 7.80. The maximum absolute atomic E-state index is 11.5. The molecular weight excluding hydrogens is 308 g/mol. The van der Waals surface area contributed by atoms with E-state index in [2.05, 4.69) is 36.6 Å². The molecule has 0 saturated carbocycles. The van der Waals surface area contributed by atoms with Crippen LogP contribution in [0.5, 0.6) is 0 Å². The Morgan fingerprint density at radius 1 is 1.04 bits per heavy atom. The van der Waals surface area contributed by atoms with E-state index in [4.69, 9.17) is 17.0 Å². The molecule has 120 valence electrons. The van der Waals surface area contributed by atoms with Gasteiger partial charge in [0.15, 0.2) is 5.11 Å². The van der Waals surface area contributed by atoms with Crippen molar-refractivity contribution in [1.29, 1.82) is 0 Å². The third-order valence-electron chi connectivity index (χ3n) is 3.35. The van der Waals surface area contributed by atoms with Gasteiger partial charge in [0.25, 0.3) is 0 Å². The van der Waals surface area contributed by atoms with Gasteiger partial charge in [0.1, 0.15) is 0 Å². The third kappa shape index (κ3) is 4.79. The van der Waals surface area contributed by atoms with Crippen LogP contribution in [0.25, 0.3) is 0 Å². The zero-order chi connectivity index (χ0) is 16.8. The molecule has 0 aliphatic rings. The summed E-state index contributed by atoms with van der Waals surface area (Å²) in [6.07, 6.45) is 0. The van der Waals surface area contributed by atoms with Crippen molar-refractivity contribution in [3.63, 3.8) is 0 Å². The highest BCUT2D eigenvalue weighted by Crippen LogP contribution is 2.19. The number of carbonyl (C=O) groups excluding carboxylic acids is 1. The fraction of sp³-hybridized carbons (Fsp3) is 0.222. The second kappa shape index (κ2) is 7.74. The van der Waals surface area contributed by atoms with Crippen molar-refractivity contribution < 1.29 is 9.53 Å². The molecule has 0 aliphatic heterocycles. The Hall–Kier alpha value is -2.40. The lowest BCUT2D eigenvalue weighted by atomic mass is 10.0. The van der Waals surface area contributed by atoms with Crippen LogP contribution in [-0.2, 0) is 4.74 Å². The second-order valence-electron chi connectivity index (χ2n) is 5.43. The molecule has 0 heterocycles. The number of ether oxygens (including phenoxy) is 1. The van der Waals surface area contributed by atoms with Gasteiger partial charge in [0, 0.05) is 11.4 Å². The predicted octanol–water partition coefficient (Wildman–Crippen LogP) is 4.41. The average molecular weight is 328 g/mol. The van der Waals surface area contributed by atoms with Gasteiger partial charge in [-0.2, -0.15) is 0 Å². The Labute approximate surface area is 141 Å². The minimum atomic E-state index is -0.378. The van der Waals surface area contributed by atoms with Crippen LogP contribution < -0.4 is 10.6 Å². The summed E-state index contributed by atoms with van der Waals surface area (Å²) in [4.78, 5) is 11.5. The van der Waals surface area contributed by atoms with E-state index in [1.807, 2.05) is 18.2 Å². The average Bonchev–Trinajstić information content (AvgIpc) is 2.54. The van der Waals surface area contributed by atoms with Crippen molar-refractivity contribution in [1.82, 2.24) is 0 Å². The molecule has 0 spiro atoms. The van der Waals surface area contributed by atoms with E-state index in [0.717, 1.165) is 11.4 Å². The molecule has 0 atom stereocenters. The first-order valence-corrected chi connectivity index (χ1v) is 7.76. The SMILES string of the molecule is COC(=O)c1cccc(NC(=S)Nc2cccc(C(C)C)c2)c1. The summed E-state index contributed by atoms with van der Waals surface area (Å²) in [7, 11) is 1.36. The van der Waals surface area contributed by atoms with Gasteiger partial charge in [0.05, 0.1) is 12.7 Å². The van der Waals surface area contributed by atoms with Crippen LogP contribution in [0.4, 0.5) is 11.4 Å². The molecule has 2 aromatic carbocycles. The summed E-state index contributed by atoms with van der Waals surface area (Å²) in [6, 6.07) is 15.1. The van der Waals surface area contributed by atoms with Crippen molar-refractivity contribution in [3.8, 4) is 0 Å². The summed E-state index contributed by atoms with van der Waals surface area (Å²) in [5.74, 6) is 0.0761. The number of hydrogen-bond donors (Lipinski definition) is 2. The number of anilines is 2. The van der Waals surface area contributed by atoms with Gasteiger partial charge in [-0.1, -0.05) is 32.0 Å². The Bertz CT molecular complexity index is 714. The van der Waals surface area contributed by atoms with E-state index in [9.17, 15) is 4.79 Å². The van der Waals surface area contributed by atoms with Crippen LogP contribution in [0.3, 0.4) is 0 Å². The molecule has 0 radical (unpaired) electrons. The summed E-state index contributed by atoms with van der Waals surface area (Å²) in [6.45, 7) is 4.29. The van der Waals surface area contributed by atoms with E-state index < -0.39 is 0 Å². The lowest BCUT2D eigenvalue weighted by molar-refractivity contribution is 0.0601. The van der Waals surface area contributed by atoms with E-state index >= 15 is 0 Å². The Balaban J connectivity index is 2.05. The van der Waals surface area contributed by atoms with Crippen molar-refractivity contribution in [2.75, 3.05) is 17.7 Å². The molecule has 5 heteroatoms. The van der Waals surface area contributed by atoms with E-state index in [-0.39, 0.29) is 5.97 Å². The molecule has 0 fully saturated rings. The van der Waals surface area contributed by atoms with Gasteiger partial charge >= 0.3 is 5.97 Å². The number of rotatable bonds is 4. The summed E-state index contributed by atoms with van der Waals surface area (Å²) in [5.41, 5.74) is 3.37. The maximum atomic E-state index is 11.5. The van der Waals surface area contributed by atoms with Crippen LogP contribution >= 0.6 is 12.2 Å². The minimum absolute atomic E-state index is 0.378. The molecule has 4 nitrogen and oxygen atoms in total. The minimum Gasteiger partial charge on any atom is -0.465 e. The number of hydrogen-bond acceptors (Lipinski definition) is 3. The highest BCUT2D eigenvalue weighted by atomic mass is 32.1.